The molecule has 1 aliphatic heterocycles. The van der Waals surface area contributed by atoms with Gasteiger partial charge in [0.25, 0.3) is 5.91 Å². The molecule has 1 N–H and O–H groups in total. The minimum absolute atomic E-state index is 0.142. The van der Waals surface area contributed by atoms with Gasteiger partial charge >= 0.3 is 0 Å². The number of amides is 1. The molecule has 0 unspecified atom stereocenters. The number of carbonyl (C=O) groups is 1. The summed E-state index contributed by atoms with van der Waals surface area (Å²) in [5.74, 6) is 6.47. The van der Waals surface area contributed by atoms with Crippen molar-refractivity contribution in [2.24, 2.45) is 0 Å². The van der Waals surface area contributed by atoms with Crippen LogP contribution < -0.4 is 5.32 Å². The molecule has 0 atom stereocenters. The quantitative estimate of drug-likeness (QED) is 0.781. The van der Waals surface area contributed by atoms with Crippen LogP contribution in [0.4, 0.5) is 0 Å². The molecular formula is C26H30N2O. The molecule has 2 aromatic carbocycles. The molecular weight excluding hydrogens is 356 g/mol. The van der Waals surface area contributed by atoms with Crippen LogP contribution in [-0.2, 0) is 0 Å². The first-order valence-electron chi connectivity index (χ1n) is 11.0. The number of piperidine rings is 1. The average molecular weight is 387 g/mol. The predicted octanol–water partition coefficient (Wildman–Crippen LogP) is 4.61. The molecule has 1 saturated heterocycles. The average Bonchev–Trinajstić information content (AvgIpc) is 2.79. The normalized spacial score (nSPS) is 18.1. The standard InChI is InChI=1S/C26H30N2O/c29-26(28-19-17-25(18-20-28)27-24-9-5-2-6-10-24)23-15-13-22(14-16-23)12-11-21-7-3-1-4-8-21/h1,3-4,7-8,13-16,24-25,27H,2,5-6,9-10,17-20H2. The van der Waals surface area contributed by atoms with Crippen LogP contribution in [0.15, 0.2) is 54.6 Å². The smallest absolute Gasteiger partial charge is 0.253 e. The van der Waals surface area contributed by atoms with Gasteiger partial charge in [0.2, 0.25) is 0 Å². The van der Waals surface area contributed by atoms with E-state index in [4.69, 9.17) is 0 Å². The topological polar surface area (TPSA) is 32.3 Å². The minimum Gasteiger partial charge on any atom is -0.339 e. The van der Waals surface area contributed by atoms with Crippen LogP contribution in [0.1, 0.15) is 66.4 Å². The lowest BCUT2D eigenvalue weighted by Crippen LogP contribution is -2.48. The molecule has 29 heavy (non-hydrogen) atoms. The third kappa shape index (κ3) is 5.49. The summed E-state index contributed by atoms with van der Waals surface area (Å²) in [6.45, 7) is 1.69. The maximum absolute atomic E-state index is 12.9. The van der Waals surface area contributed by atoms with Crippen LogP contribution in [0.3, 0.4) is 0 Å². The molecule has 3 nitrogen and oxygen atoms in total. The Morgan fingerprint density at radius 3 is 2.00 bits per heavy atom. The Morgan fingerprint density at radius 1 is 0.759 bits per heavy atom. The summed E-state index contributed by atoms with van der Waals surface area (Å²) in [4.78, 5) is 14.9. The lowest BCUT2D eigenvalue weighted by molar-refractivity contribution is 0.0699. The van der Waals surface area contributed by atoms with Crippen LogP contribution in [0.5, 0.6) is 0 Å². The largest absolute Gasteiger partial charge is 0.339 e. The maximum Gasteiger partial charge on any atom is 0.253 e. The Hall–Kier alpha value is -2.57. The Bertz CT molecular complexity index is 849. The zero-order valence-corrected chi connectivity index (χ0v) is 17.1. The fourth-order valence-corrected chi connectivity index (χ4v) is 4.40. The van der Waals surface area contributed by atoms with E-state index in [9.17, 15) is 4.79 Å². The summed E-state index contributed by atoms with van der Waals surface area (Å²) < 4.78 is 0. The highest BCUT2D eigenvalue weighted by Crippen LogP contribution is 2.21. The first-order chi connectivity index (χ1) is 14.3. The third-order valence-electron chi connectivity index (χ3n) is 6.12. The van der Waals surface area contributed by atoms with Gasteiger partial charge < -0.3 is 10.2 Å². The van der Waals surface area contributed by atoms with Crippen molar-refractivity contribution in [3.05, 3.63) is 71.3 Å². The number of likely N-dealkylation sites (tertiary alicyclic amines) is 1. The van der Waals surface area contributed by atoms with Crippen molar-refractivity contribution in [3.8, 4) is 11.8 Å². The molecule has 1 saturated carbocycles. The van der Waals surface area contributed by atoms with Gasteiger partial charge in [0.15, 0.2) is 0 Å². The van der Waals surface area contributed by atoms with E-state index in [-0.39, 0.29) is 5.91 Å². The number of benzene rings is 2. The van der Waals surface area contributed by atoms with Gasteiger partial charge in [-0.1, -0.05) is 49.3 Å². The van der Waals surface area contributed by atoms with Crippen LogP contribution in [-0.4, -0.2) is 36.0 Å². The molecule has 0 radical (unpaired) electrons. The molecule has 1 aliphatic carbocycles. The summed E-state index contributed by atoms with van der Waals surface area (Å²) in [6, 6.07) is 18.9. The van der Waals surface area contributed by atoms with E-state index in [0.717, 1.165) is 42.6 Å². The van der Waals surface area contributed by atoms with Crippen molar-refractivity contribution >= 4 is 5.91 Å². The van der Waals surface area contributed by atoms with Gasteiger partial charge in [-0.15, -0.1) is 0 Å². The van der Waals surface area contributed by atoms with Crippen molar-refractivity contribution in [3.63, 3.8) is 0 Å². The first-order valence-corrected chi connectivity index (χ1v) is 11.0. The van der Waals surface area contributed by atoms with E-state index in [2.05, 4.69) is 17.2 Å². The Morgan fingerprint density at radius 2 is 1.34 bits per heavy atom. The SMILES string of the molecule is O=C(c1ccc(C#Cc2ccccc2)cc1)N1CCC(NC2CCCCC2)CC1. The molecule has 0 aromatic heterocycles. The second kappa shape index (κ2) is 9.76. The summed E-state index contributed by atoms with van der Waals surface area (Å²) in [5, 5.41) is 3.84. The minimum atomic E-state index is 0.142. The van der Waals surface area contributed by atoms with E-state index in [1.807, 2.05) is 59.5 Å². The lowest BCUT2D eigenvalue weighted by atomic mass is 9.93. The summed E-state index contributed by atoms with van der Waals surface area (Å²) in [5.41, 5.74) is 2.69. The zero-order chi connectivity index (χ0) is 19.9. The number of nitrogens with one attached hydrogen (secondary N) is 1. The molecule has 3 heteroatoms. The van der Waals surface area contributed by atoms with Gasteiger partial charge in [-0.2, -0.15) is 0 Å². The van der Waals surface area contributed by atoms with E-state index in [1.165, 1.54) is 32.1 Å². The molecule has 2 aromatic rings. The van der Waals surface area contributed by atoms with Gasteiger partial charge in [0.05, 0.1) is 0 Å². The van der Waals surface area contributed by atoms with E-state index < -0.39 is 0 Å². The molecule has 1 amide bonds. The molecule has 150 valence electrons. The van der Waals surface area contributed by atoms with Crippen LogP contribution in [0.25, 0.3) is 0 Å². The van der Waals surface area contributed by atoms with Gasteiger partial charge in [0.1, 0.15) is 0 Å². The highest BCUT2D eigenvalue weighted by molar-refractivity contribution is 5.94. The van der Waals surface area contributed by atoms with E-state index >= 15 is 0 Å². The van der Waals surface area contributed by atoms with Crippen LogP contribution >= 0.6 is 0 Å². The second-order valence-electron chi connectivity index (χ2n) is 8.26. The maximum atomic E-state index is 12.9. The Labute approximate surface area is 174 Å². The molecule has 2 fully saturated rings. The first kappa shape index (κ1) is 19.7. The van der Waals surface area contributed by atoms with Crippen LogP contribution in [0, 0.1) is 11.8 Å². The molecule has 2 aliphatic rings. The van der Waals surface area contributed by atoms with E-state index in [1.54, 1.807) is 0 Å². The molecule has 4 rings (SSSR count). The van der Waals surface area contributed by atoms with Crippen molar-refractivity contribution < 1.29 is 4.79 Å². The summed E-state index contributed by atoms with van der Waals surface area (Å²) >= 11 is 0. The number of hydrogen-bond acceptors (Lipinski definition) is 2. The monoisotopic (exact) mass is 386 g/mol. The van der Waals surface area contributed by atoms with Crippen molar-refractivity contribution in [1.29, 1.82) is 0 Å². The van der Waals surface area contributed by atoms with Crippen LogP contribution in [0.2, 0.25) is 0 Å². The van der Waals surface area contributed by atoms with Gasteiger partial charge in [-0.25, -0.2) is 0 Å². The number of carbonyl (C=O) groups excluding carboxylic acids is 1. The highest BCUT2D eigenvalue weighted by Gasteiger charge is 2.25. The van der Waals surface area contributed by atoms with Crippen molar-refractivity contribution in [2.75, 3.05) is 13.1 Å². The van der Waals surface area contributed by atoms with Crippen molar-refractivity contribution in [1.82, 2.24) is 10.2 Å². The molecule has 0 spiro atoms. The fourth-order valence-electron chi connectivity index (χ4n) is 4.40. The highest BCUT2D eigenvalue weighted by atomic mass is 16.2. The number of hydrogen-bond donors (Lipinski definition) is 1. The van der Waals surface area contributed by atoms with Gasteiger partial charge in [-0.05, 0) is 62.1 Å². The fraction of sp³-hybridized carbons (Fsp3) is 0.423. The second-order valence-corrected chi connectivity index (χ2v) is 8.26. The van der Waals surface area contributed by atoms with E-state index in [0.29, 0.717) is 12.1 Å². The van der Waals surface area contributed by atoms with Gasteiger partial charge in [0, 0.05) is 41.9 Å². The van der Waals surface area contributed by atoms with Crippen molar-refractivity contribution in [2.45, 2.75) is 57.0 Å². The van der Waals surface area contributed by atoms with Gasteiger partial charge in [-0.3, -0.25) is 4.79 Å². The Balaban J connectivity index is 1.29. The molecule has 0 bridgehead atoms. The molecule has 1 heterocycles. The number of nitrogens with zero attached hydrogens (tertiary/aromatic N) is 1. The Kier molecular flexibility index (Phi) is 6.64. The number of rotatable bonds is 3. The summed E-state index contributed by atoms with van der Waals surface area (Å²) in [7, 11) is 0. The third-order valence-corrected chi connectivity index (χ3v) is 6.12. The zero-order valence-electron chi connectivity index (χ0n) is 17.1. The summed E-state index contributed by atoms with van der Waals surface area (Å²) in [6.07, 6.45) is 8.87. The predicted molar refractivity (Wildman–Crippen MR) is 118 cm³/mol. The lowest BCUT2D eigenvalue weighted by Gasteiger charge is -2.35.